The van der Waals surface area contributed by atoms with Crippen LogP contribution in [0.15, 0.2) is 279 Å². The summed E-state index contributed by atoms with van der Waals surface area (Å²) in [6.45, 7) is 0. The topological polar surface area (TPSA) is 13.0 Å². The van der Waals surface area contributed by atoms with Crippen molar-refractivity contribution in [2.75, 3.05) is 19.6 Å². The second kappa shape index (κ2) is 17.1. The SMILES string of the molecule is c1ccc(N(c2ccccc2)c2c(N(c3ccccc3)c3ccccc3)c3ccc4c(N(c5ccccc5)c5ccccc5)c(N(c5ccccc5)c5ccccc5)c5ccc6ccc2c2c6c5c4c32)cc1. The molecule has 0 atom stereocenters. The van der Waals surface area contributed by atoms with Crippen molar-refractivity contribution in [3.63, 3.8) is 0 Å². The lowest BCUT2D eigenvalue weighted by atomic mass is 9.92. The molecule has 4 nitrogen and oxygen atoms in total. The van der Waals surface area contributed by atoms with E-state index in [0.29, 0.717) is 0 Å². The third-order valence-corrected chi connectivity index (χ3v) is 14.4. The molecule has 0 spiro atoms. The third-order valence-electron chi connectivity index (χ3n) is 14.4. The zero-order chi connectivity index (χ0) is 47.5. The quantitative estimate of drug-likeness (QED) is 0.113. The summed E-state index contributed by atoms with van der Waals surface area (Å²) in [5.41, 5.74) is 13.0. The van der Waals surface area contributed by atoms with Gasteiger partial charge in [0.25, 0.3) is 0 Å². The Bertz CT molecular complexity index is 3690. The minimum absolute atomic E-state index is 1.08. The van der Waals surface area contributed by atoms with E-state index >= 15 is 0 Å². The zero-order valence-corrected chi connectivity index (χ0v) is 39.3. The highest BCUT2D eigenvalue weighted by Crippen LogP contribution is 2.62. The van der Waals surface area contributed by atoms with Gasteiger partial charge in [-0.25, -0.2) is 0 Å². The van der Waals surface area contributed by atoms with E-state index in [1.54, 1.807) is 0 Å². The minimum Gasteiger partial charge on any atom is -0.308 e. The van der Waals surface area contributed by atoms with Crippen LogP contribution in [-0.2, 0) is 0 Å². The Morgan fingerprint density at radius 1 is 0.153 bits per heavy atom. The van der Waals surface area contributed by atoms with Crippen LogP contribution in [0.2, 0.25) is 0 Å². The molecule has 14 aromatic carbocycles. The van der Waals surface area contributed by atoms with Crippen molar-refractivity contribution in [2.24, 2.45) is 0 Å². The first-order valence-corrected chi connectivity index (χ1v) is 24.7. The Kier molecular flexibility index (Phi) is 9.82. The number of hydrogen-bond donors (Lipinski definition) is 0. The van der Waals surface area contributed by atoms with Crippen LogP contribution in [0.5, 0.6) is 0 Å². The van der Waals surface area contributed by atoms with Gasteiger partial charge in [-0.05, 0) is 108 Å². The van der Waals surface area contributed by atoms with Crippen molar-refractivity contribution in [1.29, 1.82) is 0 Å². The lowest BCUT2D eigenvalue weighted by Gasteiger charge is -2.36. The van der Waals surface area contributed by atoms with Crippen LogP contribution in [0, 0.1) is 0 Å². The van der Waals surface area contributed by atoms with Gasteiger partial charge in [-0.3, -0.25) is 0 Å². The summed E-state index contributed by atoms with van der Waals surface area (Å²) in [5.74, 6) is 0. The van der Waals surface area contributed by atoms with E-state index in [-0.39, 0.29) is 0 Å². The van der Waals surface area contributed by atoms with E-state index in [2.05, 4.69) is 299 Å². The molecule has 0 N–H and O–H groups in total. The van der Waals surface area contributed by atoms with Crippen LogP contribution in [0.4, 0.5) is 68.2 Å². The molecule has 14 aromatic rings. The van der Waals surface area contributed by atoms with Crippen molar-refractivity contribution in [2.45, 2.75) is 0 Å². The van der Waals surface area contributed by atoms with Crippen LogP contribution in [0.3, 0.4) is 0 Å². The maximum absolute atomic E-state index is 2.49. The molecule has 0 radical (unpaired) electrons. The maximum Gasteiger partial charge on any atom is 0.0788 e. The Morgan fingerprint density at radius 3 is 0.514 bits per heavy atom. The fourth-order valence-corrected chi connectivity index (χ4v) is 11.5. The first-order chi connectivity index (χ1) is 35.8. The van der Waals surface area contributed by atoms with Crippen LogP contribution >= 0.6 is 0 Å². The lowest BCUT2D eigenvalue weighted by Crippen LogP contribution is -2.18. The van der Waals surface area contributed by atoms with E-state index in [9.17, 15) is 0 Å². The Balaban J connectivity index is 1.23. The van der Waals surface area contributed by atoms with Crippen LogP contribution in [0.25, 0.3) is 53.9 Å². The highest BCUT2D eigenvalue weighted by Gasteiger charge is 2.35. The summed E-state index contributed by atoms with van der Waals surface area (Å²) >= 11 is 0. The highest BCUT2D eigenvalue weighted by molar-refractivity contribution is 6.50. The molecular weight excluding hydrogens is 873 g/mol. The van der Waals surface area contributed by atoms with Crippen molar-refractivity contribution < 1.29 is 0 Å². The predicted octanol–water partition coefficient (Wildman–Crippen LogP) is 19.6. The van der Waals surface area contributed by atoms with E-state index in [0.717, 1.165) is 68.2 Å². The molecule has 0 unspecified atom stereocenters. The molecule has 72 heavy (non-hydrogen) atoms. The normalized spacial score (nSPS) is 11.6. The number of hydrogen-bond acceptors (Lipinski definition) is 4. The first kappa shape index (κ1) is 41.3. The Hall–Kier alpha value is -9.64. The monoisotopic (exact) mass is 918 g/mol. The molecule has 0 saturated carbocycles. The van der Waals surface area contributed by atoms with Gasteiger partial charge in [-0.15, -0.1) is 0 Å². The van der Waals surface area contributed by atoms with E-state index in [1.165, 1.54) is 53.9 Å². The molecular formula is C68H46N4. The number of nitrogens with zero attached hydrogens (tertiary/aromatic N) is 4. The number of anilines is 12. The molecule has 0 fully saturated rings. The molecule has 0 aromatic heterocycles. The van der Waals surface area contributed by atoms with Crippen LogP contribution in [0.1, 0.15) is 0 Å². The number of para-hydroxylation sites is 8. The Morgan fingerprint density at radius 2 is 0.319 bits per heavy atom. The zero-order valence-electron chi connectivity index (χ0n) is 39.3. The van der Waals surface area contributed by atoms with Crippen molar-refractivity contribution >= 4 is 122 Å². The predicted molar refractivity (Wildman–Crippen MR) is 306 cm³/mol. The molecule has 0 aliphatic rings. The molecule has 338 valence electrons. The van der Waals surface area contributed by atoms with Gasteiger partial charge >= 0.3 is 0 Å². The Labute approximate surface area is 418 Å². The number of benzene rings is 13. The van der Waals surface area contributed by atoms with Crippen LogP contribution in [-0.4, -0.2) is 0 Å². The average Bonchev–Trinajstić information content (AvgIpc) is 3.83. The molecule has 14 rings (SSSR count). The van der Waals surface area contributed by atoms with Crippen molar-refractivity contribution in [3.8, 4) is 0 Å². The summed E-state index contributed by atoms with van der Waals surface area (Å²) in [5, 5.41) is 12.3. The second-order valence-corrected chi connectivity index (χ2v) is 18.4. The molecule has 0 aliphatic heterocycles. The van der Waals surface area contributed by atoms with E-state index in [1.807, 2.05) is 0 Å². The summed E-state index contributed by atoms with van der Waals surface area (Å²) in [6, 6.07) is 101. The largest absolute Gasteiger partial charge is 0.308 e. The molecule has 4 heteroatoms. The first-order valence-electron chi connectivity index (χ1n) is 24.7. The summed E-state index contributed by atoms with van der Waals surface area (Å²) < 4.78 is 0. The molecule has 0 aliphatic carbocycles. The van der Waals surface area contributed by atoms with Gasteiger partial charge in [0.2, 0.25) is 0 Å². The van der Waals surface area contributed by atoms with Crippen molar-refractivity contribution in [3.05, 3.63) is 279 Å². The average molecular weight is 919 g/mol. The molecule has 0 saturated heterocycles. The minimum atomic E-state index is 1.08. The van der Waals surface area contributed by atoms with Gasteiger partial charge in [-0.2, -0.15) is 0 Å². The van der Waals surface area contributed by atoms with Gasteiger partial charge in [-0.1, -0.05) is 182 Å². The van der Waals surface area contributed by atoms with Gasteiger partial charge in [0.05, 0.1) is 22.7 Å². The van der Waals surface area contributed by atoms with Gasteiger partial charge in [0.15, 0.2) is 0 Å². The van der Waals surface area contributed by atoms with Gasteiger partial charge in [0.1, 0.15) is 0 Å². The van der Waals surface area contributed by atoms with Gasteiger partial charge < -0.3 is 19.6 Å². The van der Waals surface area contributed by atoms with Crippen molar-refractivity contribution in [1.82, 2.24) is 0 Å². The lowest BCUT2D eigenvalue weighted by molar-refractivity contribution is 1.25. The van der Waals surface area contributed by atoms with Crippen LogP contribution < -0.4 is 19.6 Å². The highest BCUT2D eigenvalue weighted by atomic mass is 15.2. The third kappa shape index (κ3) is 6.47. The molecule has 0 amide bonds. The smallest absolute Gasteiger partial charge is 0.0788 e. The van der Waals surface area contributed by atoms with E-state index in [4.69, 9.17) is 0 Å². The maximum atomic E-state index is 2.49. The molecule has 0 bridgehead atoms. The van der Waals surface area contributed by atoms with E-state index < -0.39 is 0 Å². The summed E-state index contributed by atoms with van der Waals surface area (Å²) in [4.78, 5) is 9.94. The fraction of sp³-hybridized carbons (Fsp3) is 0. The second-order valence-electron chi connectivity index (χ2n) is 18.4. The number of rotatable bonds is 12. The van der Waals surface area contributed by atoms with Gasteiger partial charge in [0, 0.05) is 88.6 Å². The molecule has 0 heterocycles. The summed E-state index contributed by atoms with van der Waals surface area (Å²) in [6.07, 6.45) is 0. The standard InChI is InChI=1S/C68H46N4/c1-9-25-48(26-10-1)69(49-27-11-2-12-28-49)65-56-43-41-47-42-44-57-62-60(47)61(56)63-58(67(65)71(52-33-17-5-18-34-52)53-35-19-6-20-36-53)45-46-59(64(62)63)68(72(54-37-21-7-22-38-54)55-39-23-8-24-40-55)66(57)70(50-29-13-3-14-30-50)51-31-15-4-16-32-51/h1-46H. The fourth-order valence-electron chi connectivity index (χ4n) is 11.5. The summed E-state index contributed by atoms with van der Waals surface area (Å²) in [7, 11) is 0.